The zero-order valence-corrected chi connectivity index (χ0v) is 24.0. The van der Waals surface area contributed by atoms with E-state index in [9.17, 15) is 15.3 Å². The number of para-hydroxylation sites is 2. The Balaban J connectivity index is 0.00000336. The lowest BCUT2D eigenvalue weighted by molar-refractivity contribution is -0.136. The largest absolute Gasteiger partial charge is 0.393 e. The number of nitrogens with zero attached hydrogens (tertiary/aromatic N) is 3. The van der Waals surface area contributed by atoms with Gasteiger partial charge in [0.1, 0.15) is 6.04 Å². The van der Waals surface area contributed by atoms with Gasteiger partial charge in [-0.25, -0.2) is 0 Å². The smallest absolute Gasteiger partial charge is 0.246 e. The molecule has 4 aromatic rings. The maximum absolute atomic E-state index is 14.1. The average molecular weight is 578 g/mol. The topological polar surface area (TPSA) is 74.2 Å². The van der Waals surface area contributed by atoms with Gasteiger partial charge in [-0.1, -0.05) is 71.8 Å². The number of aliphatic hydroxyl groups excluding tert-OH is 1. The van der Waals surface area contributed by atoms with Crippen LogP contribution in [0.2, 0.25) is 0 Å². The van der Waals surface area contributed by atoms with Gasteiger partial charge < -0.3 is 14.6 Å². The summed E-state index contributed by atoms with van der Waals surface area (Å²) in [4.78, 5) is 16.0. The van der Waals surface area contributed by atoms with Crippen molar-refractivity contribution in [3.8, 4) is 0 Å². The molecular formula is C31H37BrN4O2. The number of fused-ring (bicyclic) bond motifs is 1. The second-order valence-corrected chi connectivity index (χ2v) is 10.4. The van der Waals surface area contributed by atoms with E-state index < -0.39 is 6.04 Å². The molecule has 2 heterocycles. The summed E-state index contributed by atoms with van der Waals surface area (Å²) in [6, 6.07) is 24.1. The number of hydrogen-bond acceptors (Lipinski definition) is 3. The van der Waals surface area contributed by atoms with E-state index in [-0.39, 0.29) is 35.0 Å². The van der Waals surface area contributed by atoms with Crippen molar-refractivity contribution in [3.63, 3.8) is 0 Å². The van der Waals surface area contributed by atoms with E-state index in [1.165, 1.54) is 11.1 Å². The average Bonchev–Trinajstić information content (AvgIpc) is 3.20. The molecule has 5 rings (SSSR count). The van der Waals surface area contributed by atoms with Gasteiger partial charge in [-0.05, 0) is 56.9 Å². The Bertz CT molecular complexity index is 1450. The molecule has 1 aliphatic rings. The van der Waals surface area contributed by atoms with Crippen molar-refractivity contribution >= 4 is 33.9 Å². The third kappa shape index (κ3) is 5.49. The van der Waals surface area contributed by atoms with Gasteiger partial charge in [0.05, 0.1) is 23.2 Å². The van der Waals surface area contributed by atoms with E-state index in [1.807, 2.05) is 38.3 Å². The van der Waals surface area contributed by atoms with Crippen LogP contribution in [0, 0.1) is 19.3 Å². The van der Waals surface area contributed by atoms with Crippen molar-refractivity contribution < 1.29 is 9.90 Å². The van der Waals surface area contributed by atoms with Crippen LogP contribution in [-0.2, 0) is 11.2 Å². The third-order valence-corrected chi connectivity index (χ3v) is 7.73. The fourth-order valence-electron chi connectivity index (χ4n) is 5.45. The Morgan fingerprint density at radius 2 is 1.42 bits per heavy atom. The number of aryl methyl sites for hydroxylation is 2. The summed E-state index contributed by atoms with van der Waals surface area (Å²) in [6.07, 6.45) is 1.33. The van der Waals surface area contributed by atoms with Gasteiger partial charge in [-0.3, -0.25) is 14.8 Å². The summed E-state index contributed by atoms with van der Waals surface area (Å²) >= 11 is 0. The molecule has 1 amide bonds. The van der Waals surface area contributed by atoms with Crippen molar-refractivity contribution in [2.24, 2.45) is 0 Å². The number of imidazole rings is 1. The number of halogens is 1. The fourth-order valence-corrected chi connectivity index (χ4v) is 5.45. The number of carbonyl (C=O) groups is 1. The Labute approximate surface area is 234 Å². The van der Waals surface area contributed by atoms with Crippen LogP contribution in [0.3, 0.4) is 0 Å². The molecule has 200 valence electrons. The van der Waals surface area contributed by atoms with Gasteiger partial charge in [0, 0.05) is 19.5 Å². The second kappa shape index (κ2) is 11.7. The number of benzene rings is 3. The minimum absolute atomic E-state index is 0. The Morgan fingerprint density at radius 3 is 2.00 bits per heavy atom. The van der Waals surface area contributed by atoms with Gasteiger partial charge in [-0.2, -0.15) is 0 Å². The van der Waals surface area contributed by atoms with E-state index in [4.69, 9.17) is 0 Å². The number of aromatic nitrogens is 2. The highest BCUT2D eigenvalue weighted by Crippen LogP contribution is 2.28. The number of likely N-dealkylation sites (tertiary alicyclic amines) is 1. The molecule has 1 aliphatic heterocycles. The summed E-state index contributed by atoms with van der Waals surface area (Å²) in [5.41, 5.74) is 6.70. The molecule has 6 nitrogen and oxygen atoms in total. The summed E-state index contributed by atoms with van der Waals surface area (Å²) in [5, 5.41) is 19.4. The van der Waals surface area contributed by atoms with Crippen LogP contribution in [0.4, 0.5) is 0 Å². The molecule has 38 heavy (non-hydrogen) atoms. The maximum atomic E-state index is 14.1. The Morgan fingerprint density at radius 1 is 0.895 bits per heavy atom. The lowest BCUT2D eigenvalue weighted by Gasteiger charge is -2.33. The van der Waals surface area contributed by atoms with Crippen LogP contribution >= 0.6 is 17.0 Å². The number of nitrogens with one attached hydrogen (secondary N) is 1. The summed E-state index contributed by atoms with van der Waals surface area (Å²) < 4.78 is 3.96. The van der Waals surface area contributed by atoms with Gasteiger partial charge >= 0.3 is 0 Å². The van der Waals surface area contributed by atoms with Crippen LogP contribution in [0.25, 0.3) is 11.0 Å². The third-order valence-electron chi connectivity index (χ3n) is 7.73. The molecule has 1 saturated heterocycles. The first kappa shape index (κ1) is 27.9. The van der Waals surface area contributed by atoms with Crippen LogP contribution < -0.4 is 5.62 Å². The van der Waals surface area contributed by atoms with E-state index in [2.05, 4.69) is 69.3 Å². The SMILES string of the molecule is Br.Cc1ccc(CC(C(=O)N2CCC(O)CC2)n2c(=N)n(C(C)c3ccc(C)cc3)c3ccccc32)cc1. The minimum Gasteiger partial charge on any atom is -0.393 e. The highest BCUT2D eigenvalue weighted by Gasteiger charge is 2.32. The monoisotopic (exact) mass is 576 g/mol. The number of hydrogen-bond donors (Lipinski definition) is 2. The minimum atomic E-state index is -0.554. The number of amides is 1. The summed E-state index contributed by atoms with van der Waals surface area (Å²) in [6.45, 7) is 7.32. The molecule has 0 saturated carbocycles. The molecule has 7 heteroatoms. The zero-order chi connectivity index (χ0) is 26.1. The highest BCUT2D eigenvalue weighted by molar-refractivity contribution is 8.93. The first-order valence-electron chi connectivity index (χ1n) is 13.2. The molecule has 2 atom stereocenters. The van der Waals surface area contributed by atoms with Crippen molar-refractivity contribution in [2.45, 2.75) is 58.2 Å². The molecule has 0 bridgehead atoms. The van der Waals surface area contributed by atoms with E-state index in [1.54, 1.807) is 0 Å². The fraction of sp³-hybridized carbons (Fsp3) is 0.355. The van der Waals surface area contributed by atoms with Crippen molar-refractivity contribution in [2.75, 3.05) is 13.1 Å². The predicted octanol–water partition coefficient (Wildman–Crippen LogP) is 5.49. The van der Waals surface area contributed by atoms with Crippen LogP contribution in [0.15, 0.2) is 72.8 Å². The molecule has 1 aromatic heterocycles. The number of rotatable bonds is 6. The lowest BCUT2D eigenvalue weighted by atomic mass is 10.0. The number of piperidine rings is 1. The molecule has 2 unspecified atom stereocenters. The Hall–Kier alpha value is -3.16. The van der Waals surface area contributed by atoms with Gasteiger partial charge in [-0.15, -0.1) is 17.0 Å². The Kier molecular flexibility index (Phi) is 8.58. The molecule has 0 spiro atoms. The van der Waals surface area contributed by atoms with E-state index >= 15 is 0 Å². The summed E-state index contributed by atoms with van der Waals surface area (Å²) in [5.74, 6) is 0.0110. The van der Waals surface area contributed by atoms with Gasteiger partial charge in [0.15, 0.2) is 0 Å². The van der Waals surface area contributed by atoms with Crippen molar-refractivity contribution in [1.82, 2.24) is 14.0 Å². The van der Waals surface area contributed by atoms with Crippen molar-refractivity contribution in [3.05, 3.63) is 101 Å². The predicted molar refractivity (Wildman–Crippen MR) is 157 cm³/mol. The van der Waals surface area contributed by atoms with Gasteiger partial charge in [0.25, 0.3) is 0 Å². The standard InChI is InChI=1S/C31H36N4O2.BrH/c1-21-8-12-24(13-9-21)20-29(30(37)33-18-16-26(36)17-19-33)35-28-7-5-4-6-27(28)34(31(35)32)23(3)25-14-10-22(2)11-15-25;/h4-15,23,26,29,32,36H,16-20H2,1-3H3;1H. The second-order valence-electron chi connectivity index (χ2n) is 10.4. The van der Waals surface area contributed by atoms with Crippen molar-refractivity contribution in [1.29, 1.82) is 5.41 Å². The number of aliphatic hydroxyl groups is 1. The number of carbonyl (C=O) groups excluding carboxylic acids is 1. The molecule has 2 N–H and O–H groups in total. The van der Waals surface area contributed by atoms with Crippen LogP contribution in [0.5, 0.6) is 0 Å². The molecule has 0 aliphatic carbocycles. The maximum Gasteiger partial charge on any atom is 0.246 e. The molecule has 1 fully saturated rings. The first-order valence-corrected chi connectivity index (χ1v) is 13.2. The molecule has 0 radical (unpaired) electrons. The van der Waals surface area contributed by atoms with Crippen LogP contribution in [0.1, 0.15) is 54.1 Å². The van der Waals surface area contributed by atoms with E-state index in [0.29, 0.717) is 38.0 Å². The zero-order valence-electron chi connectivity index (χ0n) is 22.3. The normalized spacial score (nSPS) is 15.7. The van der Waals surface area contributed by atoms with Gasteiger partial charge in [0.2, 0.25) is 11.5 Å². The summed E-state index contributed by atoms with van der Waals surface area (Å²) in [7, 11) is 0. The quantitative estimate of drug-likeness (QED) is 0.318. The molecular weight excluding hydrogens is 540 g/mol. The molecule has 3 aromatic carbocycles. The van der Waals surface area contributed by atoms with E-state index in [0.717, 1.165) is 22.2 Å². The van der Waals surface area contributed by atoms with Crippen LogP contribution in [-0.4, -0.2) is 44.2 Å². The lowest BCUT2D eigenvalue weighted by Crippen LogP contribution is -2.46. The highest BCUT2D eigenvalue weighted by atomic mass is 79.9. The first-order chi connectivity index (χ1) is 17.8.